The van der Waals surface area contributed by atoms with Crippen LogP contribution in [0.5, 0.6) is 0 Å². The smallest absolute Gasteiger partial charge is 0.310 e. The van der Waals surface area contributed by atoms with Gasteiger partial charge in [0, 0.05) is 11.0 Å². The molecule has 0 radical (unpaired) electrons. The number of carboxylic acids is 1. The van der Waals surface area contributed by atoms with Gasteiger partial charge in [-0.05, 0) is 30.3 Å². The van der Waals surface area contributed by atoms with E-state index < -0.39 is 37.9 Å². The summed E-state index contributed by atoms with van der Waals surface area (Å²) in [6, 6.07) is 4.90. The molecule has 1 aromatic rings. The quantitative estimate of drug-likeness (QED) is 0.836. The largest absolute Gasteiger partial charge is 0.481 e. The highest BCUT2D eigenvalue weighted by molar-refractivity contribution is 5.75. The number of carboxylic acid groups (broad SMARTS) is 1. The summed E-state index contributed by atoms with van der Waals surface area (Å²) in [6.45, 7) is -3.97. The Labute approximate surface area is 102 Å². The van der Waals surface area contributed by atoms with Crippen molar-refractivity contribution in [1.29, 1.82) is 0 Å². The van der Waals surface area contributed by atoms with E-state index in [1.54, 1.807) is 0 Å². The first-order chi connectivity index (χ1) is 10.2. The van der Waals surface area contributed by atoms with Crippen LogP contribution < -0.4 is 0 Å². The van der Waals surface area contributed by atoms with Crippen LogP contribution in [0.1, 0.15) is 48.6 Å². The Morgan fingerprint density at radius 2 is 2.13 bits per heavy atom. The normalized spacial score (nSPS) is 25.1. The lowest BCUT2D eigenvalue weighted by Crippen LogP contribution is -2.07. The van der Waals surface area contributed by atoms with Gasteiger partial charge in [0.05, 0.1) is 5.92 Å². The van der Waals surface area contributed by atoms with Gasteiger partial charge in [0.25, 0.3) is 0 Å². The maximum absolute atomic E-state index is 11.2. The van der Waals surface area contributed by atoms with Gasteiger partial charge in [-0.3, -0.25) is 4.79 Å². The van der Waals surface area contributed by atoms with E-state index in [4.69, 9.17) is 16.1 Å². The summed E-state index contributed by atoms with van der Waals surface area (Å²) in [5.74, 6) is -4.50. The van der Waals surface area contributed by atoms with E-state index in [1.165, 1.54) is 31.2 Å². The third-order valence-electron chi connectivity index (χ3n) is 1.87. The van der Waals surface area contributed by atoms with E-state index in [0.717, 1.165) is 0 Å². The molecule has 0 amide bonds. The molecule has 2 heteroatoms. The molecule has 0 saturated carbocycles. The van der Waals surface area contributed by atoms with Crippen molar-refractivity contribution in [2.75, 3.05) is 0 Å². The second kappa shape index (κ2) is 4.96. The van der Waals surface area contributed by atoms with Gasteiger partial charge in [-0.15, -0.1) is 0 Å². The van der Waals surface area contributed by atoms with Crippen molar-refractivity contribution in [3.63, 3.8) is 0 Å². The predicted octanol–water partition coefficient (Wildman–Crippen LogP) is 3.07. The zero-order chi connectivity index (χ0) is 18.2. The van der Waals surface area contributed by atoms with Gasteiger partial charge in [-0.1, -0.05) is 38.0 Å². The fourth-order valence-electron chi connectivity index (χ4n) is 1.16. The van der Waals surface area contributed by atoms with E-state index in [2.05, 4.69) is 0 Å². The maximum Gasteiger partial charge on any atom is 0.310 e. The van der Waals surface area contributed by atoms with Gasteiger partial charge in [0.2, 0.25) is 0 Å². The van der Waals surface area contributed by atoms with Crippen LogP contribution in [-0.4, -0.2) is 11.1 Å². The van der Waals surface area contributed by atoms with E-state index in [-0.39, 0.29) is 11.1 Å². The molecule has 2 unspecified atom stereocenters. The molecule has 15 heavy (non-hydrogen) atoms. The zero-order valence-electron chi connectivity index (χ0n) is 16.3. The second-order valence-electron chi connectivity index (χ2n) is 3.26. The average Bonchev–Trinajstić information content (AvgIpc) is 2.35. The molecule has 2 atom stereocenters. The Kier molecular flexibility index (Phi) is 1.55. The van der Waals surface area contributed by atoms with Gasteiger partial charge in [0.15, 0.2) is 0 Å². The average molecular weight is 214 g/mol. The van der Waals surface area contributed by atoms with Gasteiger partial charge in [-0.25, -0.2) is 0 Å². The first-order valence-corrected chi connectivity index (χ1v) is 4.52. The summed E-state index contributed by atoms with van der Waals surface area (Å²) in [5.41, 5.74) is 0.0677. The fraction of sp³-hybridized carbons (Fsp3) is 0.462. The van der Waals surface area contributed by atoms with Crippen LogP contribution in [0.2, 0.25) is 0 Å². The molecular formula is C13H18O2. The predicted molar refractivity (Wildman–Crippen MR) is 61.0 cm³/mol. The van der Waals surface area contributed by atoms with Crippen molar-refractivity contribution in [3.05, 3.63) is 35.4 Å². The number of hydrogen-bond acceptors (Lipinski definition) is 1. The Morgan fingerprint density at radius 1 is 1.47 bits per heavy atom. The van der Waals surface area contributed by atoms with Crippen LogP contribution in [-0.2, 0) is 11.2 Å². The molecule has 0 aliphatic carbocycles. The van der Waals surface area contributed by atoms with Gasteiger partial charge >= 0.3 is 5.97 Å². The van der Waals surface area contributed by atoms with Crippen LogP contribution >= 0.6 is 0 Å². The lowest BCUT2D eigenvalue weighted by molar-refractivity contribution is -0.138. The Bertz CT molecular complexity index is 559. The zero-order valence-corrected chi connectivity index (χ0v) is 8.32. The summed E-state index contributed by atoms with van der Waals surface area (Å²) < 4.78 is 59.8. The SMILES string of the molecule is [2H]C([2H])([2H])C(C(=O)O)c1ccc(C([2H])([2H])C(C)C([2H])([2H])[2H])cc1. The third kappa shape index (κ3) is 3.39. The molecule has 1 aromatic carbocycles. The molecule has 0 aliphatic rings. The molecule has 1 rings (SSSR count). The van der Waals surface area contributed by atoms with E-state index >= 15 is 0 Å². The minimum Gasteiger partial charge on any atom is -0.481 e. The lowest BCUT2D eigenvalue weighted by atomic mass is 9.97. The van der Waals surface area contributed by atoms with Crippen molar-refractivity contribution in [1.82, 2.24) is 0 Å². The molecular weight excluding hydrogens is 188 g/mol. The number of carbonyl (C=O) groups is 1. The molecule has 0 aromatic heterocycles. The van der Waals surface area contributed by atoms with Crippen LogP contribution in [0, 0.1) is 5.92 Å². The minimum absolute atomic E-state index is 0.0126. The van der Waals surface area contributed by atoms with Crippen molar-refractivity contribution >= 4 is 5.97 Å². The summed E-state index contributed by atoms with van der Waals surface area (Å²) in [6.07, 6.45) is -2.16. The highest BCUT2D eigenvalue weighted by atomic mass is 16.4. The van der Waals surface area contributed by atoms with Crippen LogP contribution in [0.4, 0.5) is 0 Å². The molecule has 1 N–H and O–H groups in total. The lowest BCUT2D eigenvalue weighted by Gasteiger charge is -2.09. The molecule has 0 heterocycles. The van der Waals surface area contributed by atoms with E-state index in [0.29, 0.717) is 0 Å². The molecule has 0 fully saturated rings. The van der Waals surface area contributed by atoms with E-state index in [9.17, 15) is 4.79 Å². The highest BCUT2D eigenvalue weighted by Crippen LogP contribution is 2.17. The summed E-state index contributed by atoms with van der Waals surface area (Å²) in [7, 11) is 0. The first-order valence-electron chi connectivity index (χ1n) is 8.52. The molecule has 82 valence electrons. The highest BCUT2D eigenvalue weighted by Gasteiger charge is 2.12. The van der Waals surface area contributed by atoms with Gasteiger partial charge < -0.3 is 5.11 Å². The number of aliphatic carboxylic acids is 1. The van der Waals surface area contributed by atoms with Crippen molar-refractivity contribution in [2.45, 2.75) is 32.9 Å². The summed E-state index contributed by atoms with van der Waals surface area (Å²) >= 11 is 0. The van der Waals surface area contributed by atoms with Gasteiger partial charge in [0.1, 0.15) is 0 Å². The molecule has 0 spiro atoms. The molecule has 0 bridgehead atoms. The van der Waals surface area contributed by atoms with E-state index in [1.807, 2.05) is 0 Å². The number of hydrogen-bond donors (Lipinski definition) is 1. The van der Waals surface area contributed by atoms with Crippen LogP contribution in [0.15, 0.2) is 24.3 Å². The molecule has 0 aliphatic heterocycles. The van der Waals surface area contributed by atoms with Gasteiger partial charge in [-0.2, -0.15) is 0 Å². The third-order valence-corrected chi connectivity index (χ3v) is 1.87. The van der Waals surface area contributed by atoms with Crippen molar-refractivity contribution in [2.24, 2.45) is 5.92 Å². The summed E-state index contributed by atoms with van der Waals surface area (Å²) in [5, 5.41) is 9.08. The topological polar surface area (TPSA) is 37.3 Å². The number of benzene rings is 1. The maximum atomic E-state index is 11.2. The monoisotopic (exact) mass is 214 g/mol. The molecule has 2 nitrogen and oxygen atoms in total. The van der Waals surface area contributed by atoms with Crippen molar-refractivity contribution in [3.8, 4) is 0 Å². The Hall–Kier alpha value is -1.31. The standard InChI is InChI=1S/C13H18O2/c1-9(2)8-11-4-6-12(7-5-11)10(3)13(14)15/h4-7,9-10H,8H2,1-3H3,(H,14,15)/i1D3,3D3,8D2. The second-order valence-corrected chi connectivity index (χ2v) is 3.26. The Balaban J connectivity index is 3.21. The van der Waals surface area contributed by atoms with Crippen molar-refractivity contribution < 1.29 is 20.9 Å². The fourth-order valence-corrected chi connectivity index (χ4v) is 1.16. The van der Waals surface area contributed by atoms with Crippen LogP contribution in [0.25, 0.3) is 0 Å². The Morgan fingerprint density at radius 3 is 2.60 bits per heavy atom. The van der Waals surface area contributed by atoms with Crippen LogP contribution in [0.3, 0.4) is 0 Å². The summed E-state index contributed by atoms with van der Waals surface area (Å²) in [4.78, 5) is 11.2. The molecule has 0 saturated heterocycles. The first kappa shape index (κ1) is 4.69. The number of rotatable bonds is 4. The minimum atomic E-state index is -2.74.